The number of hydrogen-bond acceptors (Lipinski definition) is 12. The monoisotopic (exact) mass is 617 g/mol. The number of phenolic OH excluding ortho intramolecular Hbond substituents is 3. The minimum absolute atomic E-state index is 0. The van der Waals surface area contributed by atoms with Crippen molar-refractivity contribution in [3.63, 3.8) is 0 Å². The molecule has 3 aromatic carbocycles. The molecule has 1 radical (unpaired) electrons. The fraction of sp³-hybridized carbons (Fsp3) is 0.143. The van der Waals surface area contributed by atoms with E-state index >= 15 is 0 Å². The first-order valence-corrected chi connectivity index (χ1v) is 13.7. The summed E-state index contributed by atoms with van der Waals surface area (Å²) in [5, 5.41) is 27.1. The Hall–Kier alpha value is -2.69. The molecule has 203 valence electrons. The number of aromatic hydroxyl groups is 3. The first kappa shape index (κ1) is 34.3. The van der Waals surface area contributed by atoms with Gasteiger partial charge >= 0.3 is 17.1 Å². The molecule has 0 bridgehead atoms. The van der Waals surface area contributed by atoms with Crippen LogP contribution >= 0.6 is 0 Å². The van der Waals surface area contributed by atoms with Crippen molar-refractivity contribution in [2.24, 2.45) is 0 Å². The van der Waals surface area contributed by atoms with Crippen LogP contribution in [0.5, 0.6) is 17.2 Å². The van der Waals surface area contributed by atoms with Crippen molar-refractivity contribution in [3.05, 3.63) is 71.3 Å². The van der Waals surface area contributed by atoms with E-state index in [1.807, 2.05) is 0 Å². The summed E-state index contributed by atoms with van der Waals surface area (Å²) in [6.45, 7) is 5.04. The molecule has 0 saturated carbocycles. The molecule has 0 aliphatic carbocycles. The van der Waals surface area contributed by atoms with Gasteiger partial charge < -0.3 is 29.0 Å². The third kappa shape index (κ3) is 11.1. The van der Waals surface area contributed by atoms with E-state index in [4.69, 9.17) is 15.3 Å². The van der Waals surface area contributed by atoms with E-state index in [-0.39, 0.29) is 17.1 Å². The van der Waals surface area contributed by atoms with Crippen LogP contribution < -0.4 is 0 Å². The standard InChI is InChI=1S/3C7H8O4S.Fe/c3*1-5-2-3-7(6(8)4-5)12(9,10)11;/h3*2-4,8H,1H3,(H,9,10,11);/q;;;+3/p-3. The topological polar surface area (TPSA) is 232 Å². The molecule has 0 unspecified atom stereocenters. The molecule has 3 rings (SSSR count). The molecule has 0 saturated heterocycles. The number of phenols is 3. The summed E-state index contributed by atoms with van der Waals surface area (Å²) in [4.78, 5) is -1.73. The Morgan fingerprint density at radius 1 is 0.486 bits per heavy atom. The quantitative estimate of drug-likeness (QED) is 0.282. The van der Waals surface area contributed by atoms with Crippen molar-refractivity contribution in [2.75, 3.05) is 0 Å². The molecule has 3 N–H and O–H groups in total. The number of benzene rings is 3. The Balaban J connectivity index is 0.000000518. The molecule has 12 nitrogen and oxygen atoms in total. The fourth-order valence-electron chi connectivity index (χ4n) is 2.52. The van der Waals surface area contributed by atoms with E-state index in [0.29, 0.717) is 16.7 Å². The van der Waals surface area contributed by atoms with Crippen molar-refractivity contribution in [3.8, 4) is 17.2 Å². The molecule has 0 amide bonds. The van der Waals surface area contributed by atoms with E-state index in [0.717, 1.165) is 18.2 Å². The molecule has 0 aliphatic rings. The van der Waals surface area contributed by atoms with Crippen molar-refractivity contribution in [1.29, 1.82) is 0 Å². The fourth-order valence-corrected chi connectivity index (χ4v) is 4.17. The predicted molar refractivity (Wildman–Crippen MR) is 122 cm³/mol. The summed E-state index contributed by atoms with van der Waals surface area (Å²) in [6.07, 6.45) is 0. The molecular weight excluding hydrogens is 596 g/mol. The van der Waals surface area contributed by atoms with Gasteiger partial charge in [0.1, 0.15) is 47.6 Å². The van der Waals surface area contributed by atoms with Gasteiger partial charge in [0, 0.05) is 0 Å². The summed E-state index contributed by atoms with van der Waals surface area (Å²) in [7, 11) is -13.7. The molecule has 0 atom stereocenters. The summed E-state index contributed by atoms with van der Waals surface area (Å²) >= 11 is 0. The average Bonchev–Trinajstić information content (AvgIpc) is 2.65. The van der Waals surface area contributed by atoms with Crippen molar-refractivity contribution < 1.29 is 71.3 Å². The maximum atomic E-state index is 10.4. The third-order valence-electron chi connectivity index (χ3n) is 4.15. The molecule has 37 heavy (non-hydrogen) atoms. The second-order valence-electron chi connectivity index (χ2n) is 7.28. The van der Waals surface area contributed by atoms with E-state index in [1.165, 1.54) is 36.4 Å². The Morgan fingerprint density at radius 2 is 0.676 bits per heavy atom. The predicted octanol–water partition coefficient (Wildman–Crippen LogP) is 1.81. The molecule has 0 spiro atoms. The molecule has 0 fully saturated rings. The number of aryl methyl sites for hydroxylation is 3. The van der Waals surface area contributed by atoms with E-state index < -0.39 is 62.3 Å². The van der Waals surface area contributed by atoms with Gasteiger partial charge in [-0.15, -0.1) is 0 Å². The van der Waals surface area contributed by atoms with E-state index in [9.17, 15) is 38.9 Å². The molecular formula is C21H21FeO12S3. The first-order valence-electron chi connectivity index (χ1n) is 9.50. The van der Waals surface area contributed by atoms with Crippen LogP contribution in [0.4, 0.5) is 0 Å². The van der Waals surface area contributed by atoms with Gasteiger partial charge in [0.25, 0.3) is 0 Å². The van der Waals surface area contributed by atoms with Crippen molar-refractivity contribution in [1.82, 2.24) is 0 Å². The molecule has 16 heteroatoms. The van der Waals surface area contributed by atoms with Crippen LogP contribution in [0.3, 0.4) is 0 Å². The van der Waals surface area contributed by atoms with Gasteiger partial charge in [0.05, 0.1) is 14.7 Å². The van der Waals surface area contributed by atoms with Crippen LogP contribution in [0.15, 0.2) is 69.3 Å². The largest absolute Gasteiger partial charge is 3.00 e. The van der Waals surface area contributed by atoms with Crippen LogP contribution in [0.2, 0.25) is 0 Å². The van der Waals surface area contributed by atoms with Crippen LogP contribution in [0.25, 0.3) is 0 Å². The van der Waals surface area contributed by atoms with Crippen LogP contribution in [0, 0.1) is 20.8 Å². The Bertz CT molecular complexity index is 1380. The maximum absolute atomic E-state index is 10.4. The Morgan fingerprint density at radius 3 is 0.811 bits per heavy atom. The molecule has 0 heterocycles. The molecule has 0 aromatic heterocycles. The minimum Gasteiger partial charge on any atom is -0.744 e. The van der Waals surface area contributed by atoms with Crippen LogP contribution in [0.1, 0.15) is 16.7 Å². The average molecular weight is 617 g/mol. The zero-order chi connectivity index (χ0) is 28.1. The van der Waals surface area contributed by atoms with Gasteiger partial charge in [-0.2, -0.15) is 0 Å². The van der Waals surface area contributed by atoms with Crippen molar-refractivity contribution in [2.45, 2.75) is 35.5 Å². The molecule has 3 aromatic rings. The van der Waals surface area contributed by atoms with E-state index in [2.05, 4.69) is 0 Å². The zero-order valence-electron chi connectivity index (χ0n) is 19.3. The molecule has 0 aliphatic heterocycles. The van der Waals surface area contributed by atoms with Gasteiger partial charge in [-0.3, -0.25) is 0 Å². The normalized spacial score (nSPS) is 11.2. The van der Waals surface area contributed by atoms with Gasteiger partial charge in [-0.1, -0.05) is 18.2 Å². The van der Waals surface area contributed by atoms with Gasteiger partial charge in [-0.25, -0.2) is 25.3 Å². The van der Waals surface area contributed by atoms with Crippen molar-refractivity contribution >= 4 is 30.4 Å². The summed E-state index contributed by atoms with van der Waals surface area (Å²) < 4.78 is 94.0. The second kappa shape index (κ2) is 13.2. The van der Waals surface area contributed by atoms with E-state index in [1.54, 1.807) is 20.8 Å². The van der Waals surface area contributed by atoms with Gasteiger partial charge in [0.2, 0.25) is 0 Å². The van der Waals surface area contributed by atoms with Gasteiger partial charge in [0.15, 0.2) is 0 Å². The number of hydrogen-bond donors (Lipinski definition) is 3. The second-order valence-corrected chi connectivity index (χ2v) is 11.3. The maximum Gasteiger partial charge on any atom is 3.00 e. The third-order valence-corrected chi connectivity index (χ3v) is 6.80. The smallest absolute Gasteiger partial charge is 0.744 e. The summed E-state index contributed by atoms with van der Waals surface area (Å²) in [5.74, 6) is -1.49. The minimum atomic E-state index is -4.55. The van der Waals surface area contributed by atoms with Gasteiger partial charge in [-0.05, 0) is 73.9 Å². The Kier molecular flexibility index (Phi) is 12.2. The first-order chi connectivity index (χ1) is 16.2. The van der Waals surface area contributed by atoms with Crippen LogP contribution in [-0.2, 0) is 47.4 Å². The van der Waals surface area contributed by atoms with Crippen LogP contribution in [-0.4, -0.2) is 54.2 Å². The SMILES string of the molecule is Cc1ccc(S(=O)(=O)[O-])c(O)c1.Cc1ccc(S(=O)(=O)[O-])c(O)c1.Cc1ccc(S(=O)(=O)[O-])c(O)c1.[Fe+3]. The summed E-state index contributed by atoms with van der Waals surface area (Å²) in [6, 6.07) is 11.3. The summed E-state index contributed by atoms with van der Waals surface area (Å²) in [5.41, 5.74) is 2.08. The Labute approximate surface area is 225 Å². The number of rotatable bonds is 3. The zero-order valence-corrected chi connectivity index (χ0v) is 22.8.